The van der Waals surface area contributed by atoms with Gasteiger partial charge in [0.05, 0.1) is 0 Å². The van der Waals surface area contributed by atoms with Crippen molar-refractivity contribution in [3.8, 4) is 11.5 Å². The smallest absolute Gasteiger partial charge is 0.258 e. The van der Waals surface area contributed by atoms with Gasteiger partial charge in [-0.15, -0.1) is 11.8 Å². The first-order valence-corrected chi connectivity index (χ1v) is 9.12. The molecule has 0 aliphatic rings. The van der Waals surface area contributed by atoms with Crippen molar-refractivity contribution >= 4 is 23.5 Å². The summed E-state index contributed by atoms with van der Waals surface area (Å²) in [6.45, 7) is 6.13. The van der Waals surface area contributed by atoms with E-state index in [0.29, 0.717) is 17.4 Å². The van der Waals surface area contributed by atoms with Crippen LogP contribution in [0.5, 0.6) is 0 Å². The molecule has 0 atom stereocenters. The number of pyridine rings is 1. The summed E-state index contributed by atoms with van der Waals surface area (Å²) in [7, 11) is 0. The molecule has 3 aromatic rings. The van der Waals surface area contributed by atoms with Crippen LogP contribution in [0, 0.1) is 20.8 Å². The van der Waals surface area contributed by atoms with Crippen molar-refractivity contribution in [3.63, 3.8) is 0 Å². The number of thioether (sulfide) groups is 1. The number of nitrogens with zero attached hydrogens (tertiary/aromatic N) is 3. The minimum atomic E-state index is 0.445. The molecule has 0 aliphatic carbocycles. The molecule has 2 heterocycles. The second kappa shape index (κ2) is 7.11. The molecule has 3 rings (SSSR count). The van der Waals surface area contributed by atoms with Gasteiger partial charge in [0.2, 0.25) is 0 Å². The minimum Gasteiger partial charge on any atom is -0.398 e. The third kappa shape index (κ3) is 3.44. The maximum atomic E-state index is 6.36. The van der Waals surface area contributed by atoms with E-state index >= 15 is 0 Å². The van der Waals surface area contributed by atoms with E-state index in [1.54, 1.807) is 17.8 Å². The summed E-state index contributed by atoms with van der Waals surface area (Å²) in [4.78, 5) is 9.06. The quantitative estimate of drug-likeness (QED) is 0.708. The Balaban J connectivity index is 2.01. The molecule has 5 nitrogen and oxygen atoms in total. The van der Waals surface area contributed by atoms with Gasteiger partial charge < -0.3 is 10.3 Å². The highest BCUT2D eigenvalue weighted by Gasteiger charge is 2.15. The predicted molar refractivity (Wildman–Crippen MR) is 102 cm³/mol. The number of aromatic nitrogens is 3. The topological polar surface area (TPSA) is 77.8 Å². The summed E-state index contributed by atoms with van der Waals surface area (Å²) in [5.74, 6) is 0.917. The van der Waals surface area contributed by atoms with Crippen molar-refractivity contribution in [2.24, 2.45) is 5.73 Å². The molecule has 1 aromatic carbocycles. The lowest BCUT2D eigenvalue weighted by Crippen LogP contribution is -2.06. The summed E-state index contributed by atoms with van der Waals surface area (Å²) >= 11 is 1.58. The Kier molecular flexibility index (Phi) is 4.90. The van der Waals surface area contributed by atoms with E-state index in [2.05, 4.69) is 29.0 Å². The number of hydrogen-bond acceptors (Lipinski definition) is 6. The fraction of sp³-hybridized carbons (Fsp3) is 0.211. The van der Waals surface area contributed by atoms with Gasteiger partial charge in [0, 0.05) is 28.6 Å². The van der Waals surface area contributed by atoms with Gasteiger partial charge in [0.25, 0.3) is 5.89 Å². The van der Waals surface area contributed by atoms with E-state index in [1.807, 2.05) is 43.5 Å². The van der Waals surface area contributed by atoms with E-state index < -0.39 is 0 Å². The van der Waals surface area contributed by atoms with Crippen LogP contribution in [0.1, 0.15) is 28.2 Å². The number of aryl methyl sites for hydroxylation is 1. The molecule has 0 radical (unpaired) electrons. The zero-order valence-corrected chi connectivity index (χ0v) is 15.5. The highest BCUT2D eigenvalue weighted by molar-refractivity contribution is 7.98. The highest BCUT2D eigenvalue weighted by atomic mass is 32.2. The second-order valence-electron chi connectivity index (χ2n) is 5.75. The van der Waals surface area contributed by atoms with Gasteiger partial charge in [-0.25, -0.2) is 4.98 Å². The van der Waals surface area contributed by atoms with E-state index in [1.165, 1.54) is 0 Å². The Morgan fingerprint density at radius 2 is 1.80 bits per heavy atom. The van der Waals surface area contributed by atoms with Crippen molar-refractivity contribution in [2.75, 3.05) is 6.26 Å². The number of rotatable bonds is 4. The monoisotopic (exact) mass is 352 g/mol. The fourth-order valence-corrected chi connectivity index (χ4v) is 3.31. The van der Waals surface area contributed by atoms with Crippen LogP contribution in [-0.2, 0) is 0 Å². The molecule has 0 fully saturated rings. The van der Waals surface area contributed by atoms with Crippen LogP contribution in [0.15, 0.2) is 39.9 Å². The van der Waals surface area contributed by atoms with Gasteiger partial charge in [-0.3, -0.25) is 0 Å². The fourth-order valence-electron chi connectivity index (χ4n) is 2.60. The molecule has 0 spiro atoms. The van der Waals surface area contributed by atoms with Crippen LogP contribution < -0.4 is 5.73 Å². The first-order valence-electron chi connectivity index (χ1n) is 7.89. The number of hydrogen-bond donors (Lipinski definition) is 1. The standard InChI is InChI=1S/C19H20N4OS/c1-11-12(2)17(19(25-4)21-13(11)3)15(20)10-16-22-18(24-23-16)14-8-6-5-7-9-14/h5-10H,20H2,1-4H3/b15-10-. The lowest BCUT2D eigenvalue weighted by atomic mass is 10.0. The van der Waals surface area contributed by atoms with Crippen molar-refractivity contribution in [1.29, 1.82) is 0 Å². The van der Waals surface area contributed by atoms with Crippen LogP contribution in [0.2, 0.25) is 0 Å². The summed E-state index contributed by atoms with van der Waals surface area (Å²) in [6.07, 6.45) is 3.73. The first kappa shape index (κ1) is 17.2. The molecular formula is C19H20N4OS. The zero-order chi connectivity index (χ0) is 18.0. The Hall–Kier alpha value is -2.60. The molecule has 0 aliphatic heterocycles. The van der Waals surface area contributed by atoms with Crippen LogP contribution >= 0.6 is 11.8 Å². The van der Waals surface area contributed by atoms with Gasteiger partial charge >= 0.3 is 0 Å². The second-order valence-corrected chi connectivity index (χ2v) is 6.55. The van der Waals surface area contributed by atoms with Crippen LogP contribution in [-0.4, -0.2) is 21.4 Å². The normalized spacial score (nSPS) is 11.8. The molecule has 0 saturated carbocycles. The van der Waals surface area contributed by atoms with Crippen LogP contribution in [0.4, 0.5) is 0 Å². The van der Waals surface area contributed by atoms with Crippen molar-refractivity contribution in [1.82, 2.24) is 15.1 Å². The van der Waals surface area contributed by atoms with E-state index in [4.69, 9.17) is 10.3 Å². The molecule has 2 N–H and O–H groups in total. The van der Waals surface area contributed by atoms with E-state index in [9.17, 15) is 0 Å². The predicted octanol–water partition coefficient (Wildman–Crippen LogP) is 4.24. The average molecular weight is 352 g/mol. The minimum absolute atomic E-state index is 0.445. The molecule has 0 saturated heterocycles. The van der Waals surface area contributed by atoms with Gasteiger partial charge in [-0.2, -0.15) is 4.98 Å². The third-order valence-electron chi connectivity index (χ3n) is 4.19. The number of nitrogens with two attached hydrogens (primary N) is 1. The van der Waals surface area contributed by atoms with Crippen molar-refractivity contribution in [3.05, 3.63) is 58.5 Å². The Morgan fingerprint density at radius 1 is 1.08 bits per heavy atom. The van der Waals surface area contributed by atoms with Gasteiger partial charge in [-0.1, -0.05) is 23.4 Å². The van der Waals surface area contributed by atoms with E-state index in [0.717, 1.165) is 33.0 Å². The molecule has 6 heteroatoms. The largest absolute Gasteiger partial charge is 0.398 e. The van der Waals surface area contributed by atoms with E-state index in [-0.39, 0.29) is 0 Å². The molecule has 25 heavy (non-hydrogen) atoms. The number of benzene rings is 1. The SMILES string of the molecule is CSc1nc(C)c(C)c(C)c1/C(N)=C/c1noc(-c2ccccc2)n1. The molecule has 0 amide bonds. The lowest BCUT2D eigenvalue weighted by molar-refractivity contribution is 0.429. The van der Waals surface area contributed by atoms with Crippen LogP contribution in [0.25, 0.3) is 23.2 Å². The summed E-state index contributed by atoms with van der Waals surface area (Å²) in [5, 5.41) is 4.92. The van der Waals surface area contributed by atoms with Crippen molar-refractivity contribution in [2.45, 2.75) is 25.8 Å². The maximum absolute atomic E-state index is 6.36. The first-order chi connectivity index (χ1) is 12.0. The summed E-state index contributed by atoms with van der Waals surface area (Å²) in [5.41, 5.74) is 12.0. The third-order valence-corrected chi connectivity index (χ3v) is 4.87. The van der Waals surface area contributed by atoms with Gasteiger partial charge in [0.1, 0.15) is 5.03 Å². The molecular weight excluding hydrogens is 332 g/mol. The Labute approximate surface area is 151 Å². The zero-order valence-electron chi connectivity index (χ0n) is 14.7. The summed E-state index contributed by atoms with van der Waals surface area (Å²) < 4.78 is 5.34. The average Bonchev–Trinajstić information content (AvgIpc) is 3.08. The molecule has 2 aromatic heterocycles. The van der Waals surface area contributed by atoms with Gasteiger partial charge in [-0.05, 0) is 50.3 Å². The Bertz CT molecular complexity index is 932. The molecule has 128 valence electrons. The van der Waals surface area contributed by atoms with Gasteiger partial charge in [0.15, 0.2) is 5.82 Å². The van der Waals surface area contributed by atoms with Crippen LogP contribution in [0.3, 0.4) is 0 Å². The molecule has 0 bridgehead atoms. The highest BCUT2D eigenvalue weighted by Crippen LogP contribution is 2.30. The van der Waals surface area contributed by atoms with Crippen molar-refractivity contribution < 1.29 is 4.52 Å². The molecule has 0 unspecified atom stereocenters. The maximum Gasteiger partial charge on any atom is 0.258 e. The summed E-state index contributed by atoms with van der Waals surface area (Å²) in [6, 6.07) is 9.65. The lowest BCUT2D eigenvalue weighted by Gasteiger charge is -2.14. The Morgan fingerprint density at radius 3 is 2.48 bits per heavy atom.